The van der Waals surface area contributed by atoms with Gasteiger partial charge in [0.2, 0.25) is 0 Å². The molecule has 1 amide bonds. The van der Waals surface area contributed by atoms with E-state index in [1.807, 2.05) is 54.6 Å². The molecule has 8 nitrogen and oxygen atoms in total. The van der Waals surface area contributed by atoms with E-state index in [2.05, 4.69) is 5.32 Å². The predicted octanol–water partition coefficient (Wildman–Crippen LogP) is 4.66. The van der Waals surface area contributed by atoms with E-state index < -0.39 is 33.2 Å². The van der Waals surface area contributed by atoms with Crippen LogP contribution in [0.2, 0.25) is 0 Å². The van der Waals surface area contributed by atoms with Crippen molar-refractivity contribution in [2.24, 2.45) is 0 Å². The first kappa shape index (κ1) is 19.7. The molecule has 0 fully saturated rings. The maximum atomic E-state index is 12.5. The maximum absolute atomic E-state index is 12.5. The van der Waals surface area contributed by atoms with Gasteiger partial charge in [0.05, 0.1) is 22.0 Å². The molecule has 0 spiro atoms. The summed E-state index contributed by atoms with van der Waals surface area (Å²) >= 11 is 0. The van der Waals surface area contributed by atoms with Crippen LogP contribution in [-0.4, -0.2) is 15.8 Å². The quantitative estimate of drug-likeness (QED) is 0.484. The number of nitro benzene ring substituents is 2. The minimum Gasteiger partial charge on any atom is -0.345 e. The Morgan fingerprint density at radius 3 is 2.07 bits per heavy atom. The molecule has 29 heavy (non-hydrogen) atoms. The van der Waals surface area contributed by atoms with Gasteiger partial charge in [-0.15, -0.1) is 0 Å². The number of nitro groups is 2. The molecule has 0 aromatic heterocycles. The normalized spacial score (nSPS) is 11.5. The van der Waals surface area contributed by atoms with Crippen LogP contribution in [0.1, 0.15) is 28.9 Å². The number of nitrogens with zero attached hydrogens (tertiary/aromatic N) is 2. The Labute approximate surface area is 166 Å². The van der Waals surface area contributed by atoms with Crippen molar-refractivity contribution in [1.29, 1.82) is 0 Å². The van der Waals surface area contributed by atoms with Crippen molar-refractivity contribution in [1.82, 2.24) is 5.32 Å². The highest BCUT2D eigenvalue weighted by Crippen LogP contribution is 2.26. The van der Waals surface area contributed by atoms with Gasteiger partial charge in [-0.3, -0.25) is 25.0 Å². The number of carbonyl (C=O) groups is 1. The zero-order valence-electron chi connectivity index (χ0n) is 15.4. The van der Waals surface area contributed by atoms with E-state index in [0.29, 0.717) is 0 Å². The van der Waals surface area contributed by atoms with Gasteiger partial charge in [0.15, 0.2) is 0 Å². The Hall–Kier alpha value is -4.07. The molecular weight excluding hydrogens is 374 g/mol. The Balaban J connectivity index is 1.78. The molecular formula is C21H17N3O5. The molecule has 0 aliphatic rings. The van der Waals surface area contributed by atoms with E-state index in [1.165, 1.54) is 0 Å². The molecule has 0 aliphatic carbocycles. The van der Waals surface area contributed by atoms with Crippen LogP contribution in [-0.2, 0) is 0 Å². The number of non-ortho nitro benzene ring substituents is 1. The number of carbonyl (C=O) groups excluding carboxylic acids is 1. The molecule has 0 aliphatic heterocycles. The van der Waals surface area contributed by atoms with Crippen LogP contribution >= 0.6 is 0 Å². The van der Waals surface area contributed by atoms with Crippen molar-refractivity contribution >= 4 is 17.3 Å². The van der Waals surface area contributed by atoms with Gasteiger partial charge in [0.25, 0.3) is 17.3 Å². The van der Waals surface area contributed by atoms with Gasteiger partial charge in [-0.2, -0.15) is 0 Å². The largest absolute Gasteiger partial charge is 0.345 e. The molecule has 0 radical (unpaired) electrons. The lowest BCUT2D eigenvalue weighted by Gasteiger charge is -2.15. The summed E-state index contributed by atoms with van der Waals surface area (Å²) in [4.78, 5) is 33.1. The lowest BCUT2D eigenvalue weighted by Crippen LogP contribution is -2.27. The van der Waals surface area contributed by atoms with Gasteiger partial charge >= 0.3 is 0 Å². The van der Waals surface area contributed by atoms with Crippen molar-refractivity contribution < 1.29 is 14.6 Å². The maximum Gasteiger partial charge on any atom is 0.289 e. The minimum atomic E-state index is -0.804. The fourth-order valence-corrected chi connectivity index (χ4v) is 2.93. The van der Waals surface area contributed by atoms with Crippen molar-refractivity contribution in [3.8, 4) is 11.1 Å². The topological polar surface area (TPSA) is 115 Å². The number of nitrogens with one attached hydrogen (secondary N) is 1. The summed E-state index contributed by atoms with van der Waals surface area (Å²) in [5, 5.41) is 24.8. The molecule has 3 aromatic carbocycles. The Bertz CT molecular complexity index is 1070. The minimum absolute atomic E-state index is 0.228. The number of hydrogen-bond acceptors (Lipinski definition) is 5. The third-order valence-corrected chi connectivity index (χ3v) is 4.50. The average Bonchev–Trinajstić information content (AvgIpc) is 2.73. The Kier molecular flexibility index (Phi) is 5.64. The molecule has 1 N–H and O–H groups in total. The first-order chi connectivity index (χ1) is 13.9. The van der Waals surface area contributed by atoms with Gasteiger partial charge in [-0.25, -0.2) is 0 Å². The van der Waals surface area contributed by atoms with Gasteiger partial charge < -0.3 is 5.32 Å². The molecule has 3 aromatic rings. The van der Waals surface area contributed by atoms with Crippen molar-refractivity contribution in [3.63, 3.8) is 0 Å². The Morgan fingerprint density at radius 2 is 1.48 bits per heavy atom. The lowest BCUT2D eigenvalue weighted by atomic mass is 10.0. The number of hydrogen-bond donors (Lipinski definition) is 1. The highest BCUT2D eigenvalue weighted by molar-refractivity contribution is 5.98. The molecule has 0 bridgehead atoms. The second-order valence-corrected chi connectivity index (χ2v) is 6.40. The summed E-state index contributed by atoms with van der Waals surface area (Å²) in [6.45, 7) is 1.76. The highest BCUT2D eigenvalue weighted by Gasteiger charge is 2.25. The molecule has 8 heteroatoms. The van der Waals surface area contributed by atoms with Crippen LogP contribution in [0.5, 0.6) is 0 Å². The summed E-state index contributed by atoms with van der Waals surface area (Å²) in [6.07, 6.45) is 0. The Morgan fingerprint density at radius 1 is 0.862 bits per heavy atom. The smallest absolute Gasteiger partial charge is 0.289 e. The van der Waals surface area contributed by atoms with E-state index in [0.717, 1.165) is 34.9 Å². The standard InChI is InChI=1S/C21H17N3O5/c1-14(15-7-9-17(10-8-15)16-5-3-2-4-6-16)22-21(25)19-12-11-18(23(26)27)13-20(19)24(28)29/h2-14H,1H3,(H,22,25)/t14-/m0/s1. The molecule has 3 rings (SSSR count). The first-order valence-electron chi connectivity index (χ1n) is 8.76. The number of amides is 1. The highest BCUT2D eigenvalue weighted by atomic mass is 16.6. The fraction of sp³-hybridized carbons (Fsp3) is 0.0952. The van der Waals surface area contributed by atoms with Crippen LogP contribution in [0, 0.1) is 20.2 Å². The summed E-state index contributed by atoms with van der Waals surface area (Å²) in [7, 11) is 0. The fourth-order valence-electron chi connectivity index (χ4n) is 2.93. The van der Waals surface area contributed by atoms with Gasteiger partial charge in [0, 0.05) is 6.07 Å². The van der Waals surface area contributed by atoms with Crippen LogP contribution in [0.25, 0.3) is 11.1 Å². The first-order valence-corrected chi connectivity index (χ1v) is 8.76. The lowest BCUT2D eigenvalue weighted by molar-refractivity contribution is -0.394. The van der Waals surface area contributed by atoms with Crippen molar-refractivity contribution in [2.75, 3.05) is 0 Å². The van der Waals surface area contributed by atoms with E-state index in [-0.39, 0.29) is 5.56 Å². The number of benzene rings is 3. The summed E-state index contributed by atoms with van der Waals surface area (Å²) in [6, 6.07) is 20.0. The zero-order chi connectivity index (χ0) is 21.0. The van der Waals surface area contributed by atoms with Crippen LogP contribution in [0.4, 0.5) is 11.4 Å². The van der Waals surface area contributed by atoms with Crippen LogP contribution < -0.4 is 5.32 Å². The average molecular weight is 391 g/mol. The van der Waals surface area contributed by atoms with Crippen molar-refractivity contribution in [2.45, 2.75) is 13.0 Å². The monoisotopic (exact) mass is 391 g/mol. The third kappa shape index (κ3) is 4.44. The van der Waals surface area contributed by atoms with Crippen molar-refractivity contribution in [3.05, 3.63) is 104 Å². The SMILES string of the molecule is C[C@H](NC(=O)c1ccc([N+](=O)[O-])cc1[N+](=O)[O-])c1ccc(-c2ccccc2)cc1. The second kappa shape index (κ2) is 8.30. The van der Waals surface area contributed by atoms with E-state index in [4.69, 9.17) is 0 Å². The van der Waals surface area contributed by atoms with E-state index in [9.17, 15) is 25.0 Å². The molecule has 1 atom stereocenters. The molecule has 146 valence electrons. The van der Waals surface area contributed by atoms with Gasteiger partial charge in [0.1, 0.15) is 5.56 Å². The van der Waals surface area contributed by atoms with E-state index in [1.54, 1.807) is 6.92 Å². The second-order valence-electron chi connectivity index (χ2n) is 6.40. The predicted molar refractivity (Wildman–Crippen MR) is 108 cm³/mol. The summed E-state index contributed by atoms with van der Waals surface area (Å²) < 4.78 is 0. The molecule has 0 saturated heterocycles. The number of rotatable bonds is 6. The summed E-state index contributed by atoms with van der Waals surface area (Å²) in [5.41, 5.74) is 1.63. The van der Waals surface area contributed by atoms with Gasteiger partial charge in [-0.1, -0.05) is 54.6 Å². The molecule has 0 heterocycles. The molecule has 0 unspecified atom stereocenters. The molecule has 0 saturated carbocycles. The zero-order valence-corrected chi connectivity index (χ0v) is 15.4. The third-order valence-electron chi connectivity index (χ3n) is 4.50. The van der Waals surface area contributed by atoms with E-state index >= 15 is 0 Å². The summed E-state index contributed by atoms with van der Waals surface area (Å²) in [5.74, 6) is -0.675. The van der Waals surface area contributed by atoms with Gasteiger partial charge in [-0.05, 0) is 29.7 Å². The van der Waals surface area contributed by atoms with Crippen LogP contribution in [0.3, 0.4) is 0 Å². The van der Waals surface area contributed by atoms with Crippen LogP contribution in [0.15, 0.2) is 72.8 Å².